The van der Waals surface area contributed by atoms with Crippen molar-refractivity contribution in [1.29, 1.82) is 0 Å². The Kier molecular flexibility index (Phi) is 6.90. The molecule has 1 fully saturated rings. The highest BCUT2D eigenvalue weighted by atomic mass is 16.5. The van der Waals surface area contributed by atoms with Crippen LogP contribution in [0.4, 0.5) is 0 Å². The van der Waals surface area contributed by atoms with Crippen LogP contribution in [0, 0.1) is 5.92 Å². The van der Waals surface area contributed by atoms with E-state index in [-0.39, 0.29) is 11.8 Å². The lowest BCUT2D eigenvalue weighted by atomic mass is 9.94. The predicted octanol–water partition coefficient (Wildman–Crippen LogP) is 3.04. The number of nitrogens with zero attached hydrogens (tertiary/aromatic N) is 1. The highest BCUT2D eigenvalue weighted by molar-refractivity contribution is 5.77. The molecular weight excluding hydrogens is 288 g/mol. The average Bonchev–Trinajstić information content (AvgIpc) is 2.60. The maximum Gasteiger partial charge on any atom is 0.223 e. The highest BCUT2D eigenvalue weighted by Gasteiger charge is 2.23. The third-order valence-electron chi connectivity index (χ3n) is 4.82. The first-order valence-electron chi connectivity index (χ1n) is 8.76. The van der Waals surface area contributed by atoms with Crippen LogP contribution in [0.3, 0.4) is 0 Å². The molecule has 1 atom stereocenters. The molecule has 1 N–H and O–H groups in total. The van der Waals surface area contributed by atoms with Crippen molar-refractivity contribution >= 4 is 5.91 Å². The molecule has 4 heteroatoms. The highest BCUT2D eigenvalue weighted by Crippen LogP contribution is 2.24. The predicted molar refractivity (Wildman–Crippen MR) is 93.9 cm³/mol. The van der Waals surface area contributed by atoms with Crippen molar-refractivity contribution in [2.45, 2.75) is 39.0 Å². The molecule has 4 nitrogen and oxygen atoms in total. The molecule has 23 heavy (non-hydrogen) atoms. The van der Waals surface area contributed by atoms with Gasteiger partial charge in [-0.15, -0.1) is 0 Å². The van der Waals surface area contributed by atoms with E-state index in [9.17, 15) is 4.79 Å². The molecule has 0 saturated carbocycles. The summed E-state index contributed by atoms with van der Waals surface area (Å²) >= 11 is 0. The number of ether oxygens (including phenoxy) is 1. The van der Waals surface area contributed by atoms with Crippen molar-refractivity contribution in [3.8, 4) is 5.75 Å². The van der Waals surface area contributed by atoms with Crippen LogP contribution in [0.5, 0.6) is 5.75 Å². The molecule has 0 bridgehead atoms. The second-order valence-electron chi connectivity index (χ2n) is 6.51. The SMILES string of the molecule is CCNCC1CCN(C(=O)CC(C)c2ccc(OC)cc2)CC1. The van der Waals surface area contributed by atoms with Crippen molar-refractivity contribution in [2.24, 2.45) is 5.92 Å². The summed E-state index contributed by atoms with van der Waals surface area (Å²) in [6, 6.07) is 8.03. The molecular formula is C19H30N2O2. The molecule has 0 radical (unpaired) electrons. The van der Waals surface area contributed by atoms with E-state index in [0.717, 1.165) is 50.7 Å². The van der Waals surface area contributed by atoms with Crippen LogP contribution < -0.4 is 10.1 Å². The number of nitrogens with one attached hydrogen (secondary N) is 1. The van der Waals surface area contributed by atoms with Crippen LogP contribution in [0.1, 0.15) is 44.6 Å². The molecule has 1 aliphatic rings. The Bertz CT molecular complexity index is 479. The summed E-state index contributed by atoms with van der Waals surface area (Å²) in [5.74, 6) is 2.11. The summed E-state index contributed by atoms with van der Waals surface area (Å²) in [5, 5.41) is 3.41. The monoisotopic (exact) mass is 318 g/mol. The maximum absolute atomic E-state index is 12.5. The van der Waals surface area contributed by atoms with Crippen molar-refractivity contribution in [3.05, 3.63) is 29.8 Å². The second-order valence-corrected chi connectivity index (χ2v) is 6.51. The number of benzene rings is 1. The minimum atomic E-state index is 0.243. The normalized spacial score (nSPS) is 17.1. The number of rotatable bonds is 7. The summed E-state index contributed by atoms with van der Waals surface area (Å²) in [7, 11) is 1.67. The van der Waals surface area contributed by atoms with Gasteiger partial charge in [-0.2, -0.15) is 0 Å². The summed E-state index contributed by atoms with van der Waals surface area (Å²) in [6.45, 7) is 8.19. The summed E-state index contributed by atoms with van der Waals surface area (Å²) < 4.78 is 5.18. The molecule has 1 unspecified atom stereocenters. The molecule has 2 rings (SSSR count). The van der Waals surface area contributed by atoms with Gasteiger partial charge in [0.25, 0.3) is 0 Å². The van der Waals surface area contributed by atoms with Crippen LogP contribution in [0.2, 0.25) is 0 Å². The van der Waals surface area contributed by atoms with Gasteiger partial charge in [0.15, 0.2) is 0 Å². The van der Waals surface area contributed by atoms with Gasteiger partial charge < -0.3 is 15.0 Å². The zero-order chi connectivity index (χ0) is 16.7. The topological polar surface area (TPSA) is 41.6 Å². The molecule has 1 amide bonds. The molecule has 128 valence electrons. The van der Waals surface area contributed by atoms with E-state index < -0.39 is 0 Å². The molecule has 1 saturated heterocycles. The largest absolute Gasteiger partial charge is 0.497 e. The van der Waals surface area contributed by atoms with Gasteiger partial charge in [-0.25, -0.2) is 0 Å². The maximum atomic E-state index is 12.5. The average molecular weight is 318 g/mol. The minimum Gasteiger partial charge on any atom is -0.497 e. The Morgan fingerprint density at radius 2 is 1.96 bits per heavy atom. The van der Waals surface area contributed by atoms with Gasteiger partial charge in [0.2, 0.25) is 5.91 Å². The van der Waals surface area contributed by atoms with E-state index in [1.807, 2.05) is 17.0 Å². The fourth-order valence-electron chi connectivity index (χ4n) is 3.18. The molecule has 0 spiro atoms. The number of methoxy groups -OCH3 is 1. The number of amides is 1. The van der Waals surface area contributed by atoms with Gasteiger partial charge in [-0.3, -0.25) is 4.79 Å². The first-order valence-corrected chi connectivity index (χ1v) is 8.76. The summed E-state index contributed by atoms with van der Waals surface area (Å²) in [4.78, 5) is 14.6. The number of likely N-dealkylation sites (tertiary alicyclic amines) is 1. The third-order valence-corrected chi connectivity index (χ3v) is 4.82. The smallest absolute Gasteiger partial charge is 0.223 e. The van der Waals surface area contributed by atoms with E-state index >= 15 is 0 Å². The van der Waals surface area contributed by atoms with Gasteiger partial charge in [0.05, 0.1) is 7.11 Å². The number of hydrogen-bond acceptors (Lipinski definition) is 3. The Morgan fingerprint density at radius 1 is 1.30 bits per heavy atom. The van der Waals surface area contributed by atoms with Crippen molar-refractivity contribution in [3.63, 3.8) is 0 Å². The van der Waals surface area contributed by atoms with Crippen molar-refractivity contribution in [1.82, 2.24) is 10.2 Å². The zero-order valence-electron chi connectivity index (χ0n) is 14.7. The molecule has 1 heterocycles. The van der Waals surface area contributed by atoms with Crippen LogP contribution in [0.25, 0.3) is 0 Å². The quantitative estimate of drug-likeness (QED) is 0.840. The van der Waals surface area contributed by atoms with E-state index in [0.29, 0.717) is 6.42 Å². The molecule has 0 aliphatic carbocycles. The summed E-state index contributed by atoms with van der Waals surface area (Å²) in [5.41, 5.74) is 1.20. The first kappa shape index (κ1) is 17.8. The van der Waals surface area contributed by atoms with Gasteiger partial charge in [0.1, 0.15) is 5.75 Å². The molecule has 0 aromatic heterocycles. The lowest BCUT2D eigenvalue weighted by molar-refractivity contribution is -0.132. The molecule has 1 aromatic rings. The van der Waals surface area contributed by atoms with Crippen molar-refractivity contribution < 1.29 is 9.53 Å². The van der Waals surface area contributed by atoms with Gasteiger partial charge in [-0.1, -0.05) is 26.0 Å². The van der Waals surface area contributed by atoms with E-state index in [1.54, 1.807) is 7.11 Å². The lowest BCUT2D eigenvalue weighted by Crippen LogP contribution is -2.41. The minimum absolute atomic E-state index is 0.243. The fourth-order valence-corrected chi connectivity index (χ4v) is 3.18. The van der Waals surface area contributed by atoms with Crippen molar-refractivity contribution in [2.75, 3.05) is 33.3 Å². The van der Waals surface area contributed by atoms with Gasteiger partial charge in [0, 0.05) is 19.5 Å². The Balaban J connectivity index is 1.79. The second kappa shape index (κ2) is 8.92. The number of hydrogen-bond donors (Lipinski definition) is 1. The fraction of sp³-hybridized carbons (Fsp3) is 0.632. The number of carbonyl (C=O) groups is 1. The van der Waals surface area contributed by atoms with Gasteiger partial charge >= 0.3 is 0 Å². The van der Waals surface area contributed by atoms with Gasteiger partial charge in [-0.05, 0) is 55.5 Å². The summed E-state index contributed by atoms with van der Waals surface area (Å²) in [6.07, 6.45) is 2.83. The third kappa shape index (κ3) is 5.24. The van der Waals surface area contributed by atoms with Crippen LogP contribution in [-0.4, -0.2) is 44.1 Å². The molecule has 1 aliphatic heterocycles. The van der Waals surface area contributed by atoms with E-state index in [2.05, 4.69) is 31.3 Å². The van der Waals surface area contributed by atoms with Crippen LogP contribution in [0.15, 0.2) is 24.3 Å². The Morgan fingerprint density at radius 3 is 2.52 bits per heavy atom. The number of carbonyl (C=O) groups excluding carboxylic acids is 1. The zero-order valence-corrected chi connectivity index (χ0v) is 14.7. The van der Waals surface area contributed by atoms with E-state index in [1.165, 1.54) is 5.56 Å². The number of piperidine rings is 1. The van der Waals surface area contributed by atoms with Crippen LogP contribution >= 0.6 is 0 Å². The van der Waals surface area contributed by atoms with Crippen LogP contribution in [-0.2, 0) is 4.79 Å². The molecule has 1 aromatic carbocycles. The standard InChI is InChI=1S/C19H30N2O2/c1-4-20-14-16-9-11-21(12-10-16)19(22)13-15(2)17-5-7-18(23-3)8-6-17/h5-8,15-16,20H,4,9-14H2,1-3H3. The first-order chi connectivity index (χ1) is 11.1. The lowest BCUT2D eigenvalue weighted by Gasteiger charge is -2.32. The van der Waals surface area contributed by atoms with E-state index in [4.69, 9.17) is 4.74 Å². The Labute approximate surface area is 140 Å². The Hall–Kier alpha value is -1.55.